The maximum Gasteiger partial charge on any atom is 0.310 e. The molecule has 0 saturated heterocycles. The highest BCUT2D eigenvalue weighted by Crippen LogP contribution is 2.37. The van der Waals surface area contributed by atoms with Gasteiger partial charge in [-0.15, -0.1) is 0 Å². The van der Waals surface area contributed by atoms with E-state index in [1.807, 2.05) is 12.1 Å². The smallest absolute Gasteiger partial charge is 0.310 e. The Labute approximate surface area is 115 Å². The van der Waals surface area contributed by atoms with Crippen molar-refractivity contribution in [2.45, 2.75) is 52.4 Å². The van der Waals surface area contributed by atoms with Crippen LogP contribution in [0.3, 0.4) is 0 Å². The Morgan fingerprint density at radius 2 is 1.47 bits per heavy atom. The van der Waals surface area contributed by atoms with E-state index in [1.54, 1.807) is 14.0 Å². The van der Waals surface area contributed by atoms with Crippen LogP contribution in [0.15, 0.2) is 12.1 Å². The number of rotatable bonds is 5. The molecule has 3 heteroatoms. The van der Waals surface area contributed by atoms with Crippen LogP contribution in [-0.4, -0.2) is 18.2 Å². The molecule has 1 unspecified atom stereocenters. The molecule has 0 spiro atoms. The number of carboxylic acid groups (broad SMARTS) is 1. The second-order valence-electron chi connectivity index (χ2n) is 5.60. The summed E-state index contributed by atoms with van der Waals surface area (Å²) in [5, 5.41) is 9.19. The Bertz CT molecular complexity index is 432. The molecule has 1 atom stereocenters. The van der Waals surface area contributed by atoms with Gasteiger partial charge in [0.1, 0.15) is 5.75 Å². The van der Waals surface area contributed by atoms with E-state index in [0.29, 0.717) is 11.8 Å². The van der Waals surface area contributed by atoms with Gasteiger partial charge in [-0.1, -0.05) is 39.8 Å². The quantitative estimate of drug-likeness (QED) is 0.869. The first-order valence-electron chi connectivity index (χ1n) is 6.74. The first kappa shape index (κ1) is 15.5. The van der Waals surface area contributed by atoms with Gasteiger partial charge >= 0.3 is 5.97 Å². The Kier molecular flexibility index (Phi) is 4.98. The number of aliphatic carboxylic acids is 1. The van der Waals surface area contributed by atoms with Crippen LogP contribution in [0.4, 0.5) is 0 Å². The van der Waals surface area contributed by atoms with E-state index in [2.05, 4.69) is 27.7 Å². The van der Waals surface area contributed by atoms with Crippen molar-refractivity contribution >= 4 is 5.97 Å². The van der Waals surface area contributed by atoms with Gasteiger partial charge in [0.2, 0.25) is 0 Å². The first-order valence-corrected chi connectivity index (χ1v) is 6.74. The van der Waals surface area contributed by atoms with Crippen molar-refractivity contribution in [1.29, 1.82) is 0 Å². The molecule has 0 heterocycles. The third-order valence-corrected chi connectivity index (χ3v) is 3.49. The zero-order valence-electron chi connectivity index (χ0n) is 12.7. The van der Waals surface area contributed by atoms with Gasteiger partial charge in [0, 0.05) is 0 Å². The summed E-state index contributed by atoms with van der Waals surface area (Å²) in [5.74, 6) is 0.198. The molecule has 0 aromatic heterocycles. The Morgan fingerprint density at radius 1 is 1.05 bits per heavy atom. The number of benzene rings is 1. The fourth-order valence-corrected chi connectivity index (χ4v) is 2.18. The van der Waals surface area contributed by atoms with E-state index in [9.17, 15) is 9.90 Å². The molecule has 1 N–H and O–H groups in total. The largest absolute Gasteiger partial charge is 0.496 e. The van der Waals surface area contributed by atoms with Gasteiger partial charge in [-0.2, -0.15) is 0 Å². The van der Waals surface area contributed by atoms with Gasteiger partial charge in [0.05, 0.1) is 13.0 Å². The van der Waals surface area contributed by atoms with Crippen LogP contribution in [-0.2, 0) is 4.79 Å². The van der Waals surface area contributed by atoms with Crippen LogP contribution >= 0.6 is 0 Å². The highest BCUT2D eigenvalue weighted by Gasteiger charge is 2.21. The highest BCUT2D eigenvalue weighted by atomic mass is 16.5. The van der Waals surface area contributed by atoms with Crippen molar-refractivity contribution in [3.8, 4) is 5.75 Å². The molecule has 0 bridgehead atoms. The van der Waals surface area contributed by atoms with Crippen molar-refractivity contribution in [3.63, 3.8) is 0 Å². The fourth-order valence-electron chi connectivity index (χ4n) is 2.18. The maximum absolute atomic E-state index is 11.2. The van der Waals surface area contributed by atoms with Crippen LogP contribution in [0.25, 0.3) is 0 Å². The number of carboxylic acids is 1. The predicted octanol–water partition coefficient (Wildman–Crippen LogP) is 4.13. The van der Waals surface area contributed by atoms with Gasteiger partial charge in [-0.05, 0) is 35.4 Å². The van der Waals surface area contributed by atoms with E-state index in [4.69, 9.17) is 4.74 Å². The highest BCUT2D eigenvalue weighted by molar-refractivity contribution is 5.76. The molecule has 0 radical (unpaired) electrons. The minimum atomic E-state index is -0.797. The van der Waals surface area contributed by atoms with Gasteiger partial charge < -0.3 is 9.84 Å². The predicted molar refractivity (Wildman–Crippen MR) is 77.2 cm³/mol. The van der Waals surface area contributed by atoms with Gasteiger partial charge in [-0.3, -0.25) is 4.79 Å². The van der Waals surface area contributed by atoms with E-state index in [1.165, 1.54) is 0 Å². The molecule has 0 fully saturated rings. The summed E-state index contributed by atoms with van der Waals surface area (Å²) in [6.07, 6.45) is 0. The fraction of sp³-hybridized carbons (Fsp3) is 0.562. The molecule has 1 rings (SSSR count). The molecule has 1 aromatic rings. The number of methoxy groups -OCH3 is 1. The lowest BCUT2D eigenvalue weighted by molar-refractivity contribution is -0.138. The van der Waals surface area contributed by atoms with E-state index >= 15 is 0 Å². The van der Waals surface area contributed by atoms with E-state index in [0.717, 1.165) is 22.4 Å². The van der Waals surface area contributed by atoms with Crippen LogP contribution < -0.4 is 4.74 Å². The van der Waals surface area contributed by atoms with Crippen molar-refractivity contribution in [3.05, 3.63) is 28.8 Å². The zero-order chi connectivity index (χ0) is 14.7. The summed E-state index contributed by atoms with van der Waals surface area (Å²) >= 11 is 0. The molecule has 0 aliphatic carbocycles. The van der Waals surface area contributed by atoms with Crippen LogP contribution in [0.2, 0.25) is 0 Å². The molecule has 1 aromatic carbocycles. The van der Waals surface area contributed by atoms with Gasteiger partial charge in [-0.25, -0.2) is 0 Å². The summed E-state index contributed by atoms with van der Waals surface area (Å²) in [6, 6.07) is 3.93. The minimum Gasteiger partial charge on any atom is -0.496 e. The number of carbonyl (C=O) groups is 1. The maximum atomic E-state index is 11.2. The second kappa shape index (κ2) is 6.09. The molecule has 19 heavy (non-hydrogen) atoms. The second-order valence-corrected chi connectivity index (χ2v) is 5.60. The zero-order valence-corrected chi connectivity index (χ0v) is 12.7. The van der Waals surface area contributed by atoms with Crippen molar-refractivity contribution in [1.82, 2.24) is 0 Å². The molecule has 3 nitrogen and oxygen atoms in total. The lowest BCUT2D eigenvalue weighted by Crippen LogP contribution is -2.10. The average Bonchev–Trinajstić information content (AvgIpc) is 2.35. The monoisotopic (exact) mass is 264 g/mol. The molecule has 0 saturated carbocycles. The SMILES string of the molecule is COc1c(C(C)C)cc(C(C)C(=O)O)cc1C(C)C. The minimum absolute atomic E-state index is 0.299. The Balaban J connectivity index is 3.49. The topological polar surface area (TPSA) is 46.5 Å². The van der Waals surface area contributed by atoms with Gasteiger partial charge in [0.15, 0.2) is 0 Å². The normalized spacial score (nSPS) is 12.8. The standard InChI is InChI=1S/C16H24O3/c1-9(2)13-7-12(11(5)16(17)18)8-14(10(3)4)15(13)19-6/h7-11H,1-6H3,(H,17,18). The Morgan fingerprint density at radius 3 is 1.74 bits per heavy atom. The third-order valence-electron chi connectivity index (χ3n) is 3.49. The lowest BCUT2D eigenvalue weighted by Gasteiger charge is -2.21. The third kappa shape index (κ3) is 3.28. The van der Waals surface area contributed by atoms with E-state index in [-0.39, 0.29) is 0 Å². The molecular weight excluding hydrogens is 240 g/mol. The summed E-state index contributed by atoms with van der Waals surface area (Å²) in [5.41, 5.74) is 3.01. The number of ether oxygens (including phenoxy) is 1. The first-order chi connectivity index (χ1) is 8.79. The molecule has 0 aliphatic rings. The van der Waals surface area contributed by atoms with Gasteiger partial charge in [0.25, 0.3) is 0 Å². The van der Waals surface area contributed by atoms with E-state index < -0.39 is 11.9 Å². The Hall–Kier alpha value is -1.51. The number of hydrogen-bond donors (Lipinski definition) is 1. The van der Waals surface area contributed by atoms with Crippen LogP contribution in [0, 0.1) is 0 Å². The summed E-state index contributed by atoms with van der Waals surface area (Å²) in [7, 11) is 1.67. The average molecular weight is 264 g/mol. The summed E-state index contributed by atoms with van der Waals surface area (Å²) in [6.45, 7) is 10.1. The molecule has 0 amide bonds. The molecular formula is C16H24O3. The molecule has 0 aliphatic heterocycles. The van der Waals surface area contributed by atoms with Crippen molar-refractivity contribution < 1.29 is 14.6 Å². The lowest BCUT2D eigenvalue weighted by atomic mass is 9.88. The molecule has 106 valence electrons. The summed E-state index contributed by atoms with van der Waals surface area (Å²) in [4.78, 5) is 11.2. The van der Waals surface area contributed by atoms with Crippen molar-refractivity contribution in [2.75, 3.05) is 7.11 Å². The van der Waals surface area contributed by atoms with Crippen LogP contribution in [0.5, 0.6) is 5.75 Å². The summed E-state index contributed by atoms with van der Waals surface area (Å²) < 4.78 is 5.55. The van der Waals surface area contributed by atoms with Crippen LogP contribution in [0.1, 0.15) is 69.1 Å². The van der Waals surface area contributed by atoms with Crippen molar-refractivity contribution in [2.24, 2.45) is 0 Å². The number of hydrogen-bond acceptors (Lipinski definition) is 2.